The Kier molecular flexibility index (Phi) is 8.17. The number of aryl methyl sites for hydroxylation is 3. The molecule has 7 rings (SSSR count). The number of phenols is 4. The van der Waals surface area contributed by atoms with Gasteiger partial charge in [0.05, 0.1) is 21.3 Å². The molecule has 0 unspecified atom stereocenters. The zero-order valence-electron chi connectivity index (χ0n) is 27.1. The van der Waals surface area contributed by atoms with Gasteiger partial charge in [0.15, 0.2) is 11.5 Å². The standard InChI is InChI=1S/C40H38O8/c1-45-28-17-24(8-7-22-5-4-6-26(41)15-22)31(34(44)19-28)20-32-39-30-12-9-23-16-27(42)11-13-29(23)38(30)36(47-3)21-37(39)48-40(32)25-10-14-33(43)35(18-25)46-2/h4-6,10-11,13-19,21,32,40-44H,7-9,12,20H2,1-3H3/t32-,40-/m1/s1. The number of phenolic OH excluding ortho intramolecular Hbond substituents is 4. The van der Waals surface area contributed by atoms with Gasteiger partial charge in [-0.3, -0.25) is 0 Å². The third-order valence-electron chi connectivity index (χ3n) is 9.69. The maximum atomic E-state index is 11.5. The molecule has 48 heavy (non-hydrogen) atoms. The number of benzene rings is 5. The lowest BCUT2D eigenvalue weighted by molar-refractivity contribution is 0.207. The first kappa shape index (κ1) is 31.1. The van der Waals surface area contributed by atoms with Crippen LogP contribution in [0.4, 0.5) is 0 Å². The van der Waals surface area contributed by atoms with Crippen LogP contribution in [0.2, 0.25) is 0 Å². The van der Waals surface area contributed by atoms with E-state index in [2.05, 4.69) is 0 Å². The first-order chi connectivity index (χ1) is 23.3. The van der Waals surface area contributed by atoms with E-state index in [1.165, 1.54) is 7.11 Å². The van der Waals surface area contributed by atoms with Crippen molar-refractivity contribution in [2.75, 3.05) is 21.3 Å². The minimum Gasteiger partial charge on any atom is -0.508 e. The Hall–Kier alpha value is -5.50. The molecule has 8 nitrogen and oxygen atoms in total. The predicted molar refractivity (Wildman–Crippen MR) is 182 cm³/mol. The zero-order valence-corrected chi connectivity index (χ0v) is 27.1. The molecule has 0 amide bonds. The molecule has 0 spiro atoms. The van der Waals surface area contributed by atoms with Crippen molar-refractivity contribution in [1.82, 2.24) is 0 Å². The Bertz CT molecular complexity index is 2020. The van der Waals surface area contributed by atoms with Crippen molar-refractivity contribution in [2.45, 2.75) is 44.1 Å². The van der Waals surface area contributed by atoms with Crippen LogP contribution in [0, 0.1) is 0 Å². The fourth-order valence-corrected chi connectivity index (χ4v) is 7.44. The van der Waals surface area contributed by atoms with Crippen molar-refractivity contribution in [1.29, 1.82) is 0 Å². The quantitative estimate of drug-likeness (QED) is 0.130. The molecule has 5 aromatic carbocycles. The van der Waals surface area contributed by atoms with E-state index in [1.807, 2.05) is 42.5 Å². The Morgan fingerprint density at radius 3 is 2.31 bits per heavy atom. The summed E-state index contributed by atoms with van der Waals surface area (Å²) in [5.74, 6) is 2.70. The second kappa shape index (κ2) is 12.6. The molecule has 0 fully saturated rings. The average Bonchev–Trinajstić information content (AvgIpc) is 3.45. The normalized spacial score (nSPS) is 16.0. The largest absolute Gasteiger partial charge is 0.508 e. The van der Waals surface area contributed by atoms with E-state index in [4.69, 9.17) is 18.9 Å². The first-order valence-electron chi connectivity index (χ1n) is 16.0. The minimum atomic E-state index is -0.465. The van der Waals surface area contributed by atoms with Crippen LogP contribution in [0.5, 0.6) is 46.0 Å². The smallest absolute Gasteiger partial charge is 0.160 e. The molecule has 246 valence electrons. The number of fused-ring (bicyclic) bond motifs is 5. The number of rotatable bonds is 9. The summed E-state index contributed by atoms with van der Waals surface area (Å²) in [6.45, 7) is 0. The highest BCUT2D eigenvalue weighted by atomic mass is 16.5. The monoisotopic (exact) mass is 646 g/mol. The molecule has 2 atom stereocenters. The van der Waals surface area contributed by atoms with Gasteiger partial charge in [-0.2, -0.15) is 0 Å². The zero-order chi connectivity index (χ0) is 33.5. The lowest BCUT2D eigenvalue weighted by Crippen LogP contribution is -2.16. The van der Waals surface area contributed by atoms with Crippen molar-refractivity contribution in [3.05, 3.63) is 118 Å². The van der Waals surface area contributed by atoms with E-state index in [0.717, 1.165) is 62.9 Å². The second-order valence-corrected chi connectivity index (χ2v) is 12.4. The average molecular weight is 647 g/mol. The van der Waals surface area contributed by atoms with Crippen LogP contribution in [0.25, 0.3) is 11.1 Å². The molecule has 2 aliphatic rings. The molecule has 1 aliphatic heterocycles. The van der Waals surface area contributed by atoms with E-state index in [-0.39, 0.29) is 28.9 Å². The van der Waals surface area contributed by atoms with Crippen molar-refractivity contribution in [3.8, 4) is 57.1 Å². The highest BCUT2D eigenvalue weighted by Gasteiger charge is 2.41. The molecule has 5 aromatic rings. The number of hydrogen-bond donors (Lipinski definition) is 4. The van der Waals surface area contributed by atoms with Crippen LogP contribution in [0.15, 0.2) is 78.9 Å². The summed E-state index contributed by atoms with van der Waals surface area (Å²) < 4.78 is 23.8. The van der Waals surface area contributed by atoms with Crippen LogP contribution in [0.1, 0.15) is 51.0 Å². The molecule has 0 saturated carbocycles. The lowest BCUT2D eigenvalue weighted by Gasteiger charge is -2.27. The van der Waals surface area contributed by atoms with Crippen molar-refractivity contribution in [2.24, 2.45) is 0 Å². The van der Waals surface area contributed by atoms with Crippen molar-refractivity contribution < 1.29 is 39.4 Å². The highest BCUT2D eigenvalue weighted by molar-refractivity contribution is 5.82. The molecule has 4 N–H and O–H groups in total. The molecular formula is C40H38O8. The molecule has 0 saturated heterocycles. The fourth-order valence-electron chi connectivity index (χ4n) is 7.44. The van der Waals surface area contributed by atoms with Gasteiger partial charge in [-0.1, -0.05) is 24.3 Å². The van der Waals surface area contributed by atoms with Gasteiger partial charge >= 0.3 is 0 Å². The molecule has 8 heteroatoms. The molecule has 0 aromatic heterocycles. The number of aromatic hydroxyl groups is 4. The second-order valence-electron chi connectivity index (χ2n) is 12.4. The summed E-state index contributed by atoms with van der Waals surface area (Å²) in [5.41, 5.74) is 8.77. The third-order valence-corrected chi connectivity index (χ3v) is 9.69. The number of methoxy groups -OCH3 is 3. The summed E-state index contributed by atoms with van der Waals surface area (Å²) in [6.07, 6.45) is 2.71. The fraction of sp³-hybridized carbons (Fsp3) is 0.250. The van der Waals surface area contributed by atoms with Crippen molar-refractivity contribution >= 4 is 0 Å². The Labute approximate surface area is 279 Å². The first-order valence-corrected chi connectivity index (χ1v) is 16.0. The lowest BCUT2D eigenvalue weighted by atomic mass is 9.76. The van der Waals surface area contributed by atoms with Gasteiger partial charge in [0.2, 0.25) is 0 Å². The van der Waals surface area contributed by atoms with Gasteiger partial charge in [-0.25, -0.2) is 0 Å². The molecule has 1 heterocycles. The summed E-state index contributed by atoms with van der Waals surface area (Å²) in [5, 5.41) is 42.3. The number of ether oxygens (including phenoxy) is 4. The van der Waals surface area contributed by atoms with Gasteiger partial charge in [0.1, 0.15) is 40.6 Å². The van der Waals surface area contributed by atoms with Crippen LogP contribution in [0.3, 0.4) is 0 Å². The third kappa shape index (κ3) is 5.57. The molecule has 1 aliphatic carbocycles. The van der Waals surface area contributed by atoms with Gasteiger partial charge in [-0.15, -0.1) is 0 Å². The summed E-state index contributed by atoms with van der Waals surface area (Å²) >= 11 is 0. The Balaban J connectivity index is 1.38. The summed E-state index contributed by atoms with van der Waals surface area (Å²) in [4.78, 5) is 0. The maximum Gasteiger partial charge on any atom is 0.160 e. The van der Waals surface area contributed by atoms with Gasteiger partial charge in [0, 0.05) is 29.2 Å². The number of hydrogen-bond acceptors (Lipinski definition) is 8. The minimum absolute atomic E-state index is 0.0363. The van der Waals surface area contributed by atoms with E-state index in [0.29, 0.717) is 42.3 Å². The van der Waals surface area contributed by atoms with Gasteiger partial charge in [-0.05, 0) is 114 Å². The molecule has 0 radical (unpaired) electrons. The van der Waals surface area contributed by atoms with Gasteiger partial charge in [0.25, 0.3) is 0 Å². The Morgan fingerprint density at radius 2 is 1.54 bits per heavy atom. The summed E-state index contributed by atoms with van der Waals surface area (Å²) in [7, 11) is 4.75. The molecular weight excluding hydrogens is 608 g/mol. The van der Waals surface area contributed by atoms with E-state index < -0.39 is 6.10 Å². The van der Waals surface area contributed by atoms with Crippen LogP contribution in [-0.4, -0.2) is 41.8 Å². The van der Waals surface area contributed by atoms with E-state index in [9.17, 15) is 20.4 Å². The maximum absolute atomic E-state index is 11.5. The predicted octanol–water partition coefficient (Wildman–Crippen LogP) is 7.55. The topological polar surface area (TPSA) is 118 Å². The van der Waals surface area contributed by atoms with E-state index in [1.54, 1.807) is 50.6 Å². The van der Waals surface area contributed by atoms with Crippen molar-refractivity contribution in [3.63, 3.8) is 0 Å². The molecule has 0 bridgehead atoms. The highest BCUT2D eigenvalue weighted by Crippen LogP contribution is 2.56. The van der Waals surface area contributed by atoms with Crippen LogP contribution >= 0.6 is 0 Å². The van der Waals surface area contributed by atoms with Gasteiger partial charge < -0.3 is 39.4 Å². The summed E-state index contributed by atoms with van der Waals surface area (Å²) in [6, 6.07) is 23.5. The van der Waals surface area contributed by atoms with E-state index >= 15 is 0 Å². The van der Waals surface area contributed by atoms with Crippen LogP contribution in [-0.2, 0) is 32.1 Å². The Morgan fingerprint density at radius 1 is 0.729 bits per heavy atom. The van der Waals surface area contributed by atoms with Crippen LogP contribution < -0.4 is 18.9 Å². The SMILES string of the molecule is COc1cc(O)c(C[C@@H]2c3c(cc(OC)c4c3CCc3cc(O)ccc3-4)O[C@@H]2c2ccc(O)c(OC)c2)c(CCc2cccc(O)c2)c1.